The second-order valence-electron chi connectivity index (χ2n) is 4.35. The molecule has 0 aromatic carbocycles. The first-order valence-electron chi connectivity index (χ1n) is 6.43. The first-order chi connectivity index (χ1) is 8.81. The van der Waals surface area contributed by atoms with Gasteiger partial charge in [-0.15, -0.1) is 0 Å². The van der Waals surface area contributed by atoms with Crippen LogP contribution in [0, 0.1) is 0 Å². The highest BCUT2D eigenvalue weighted by molar-refractivity contribution is 5.30. The number of hydrogen-bond donors (Lipinski definition) is 2. The Morgan fingerprint density at radius 1 is 1.67 bits per heavy atom. The number of rotatable bonds is 5. The normalized spacial score (nSPS) is 19.7. The molecule has 2 rings (SSSR count). The average molecular weight is 252 g/mol. The van der Waals surface area contributed by atoms with E-state index in [0.29, 0.717) is 19.0 Å². The van der Waals surface area contributed by atoms with Gasteiger partial charge in [0, 0.05) is 38.6 Å². The third-order valence-corrected chi connectivity index (χ3v) is 2.88. The summed E-state index contributed by atoms with van der Waals surface area (Å²) in [6.45, 7) is 5.78. The number of hydrogen-bond acceptors (Lipinski definition) is 5. The van der Waals surface area contributed by atoms with E-state index in [2.05, 4.69) is 15.6 Å². The van der Waals surface area contributed by atoms with Crippen molar-refractivity contribution in [1.82, 2.24) is 14.9 Å². The summed E-state index contributed by atoms with van der Waals surface area (Å²) in [6, 6.07) is 0. The summed E-state index contributed by atoms with van der Waals surface area (Å²) in [5.41, 5.74) is -0.0666. The lowest BCUT2D eigenvalue weighted by Gasteiger charge is -2.23. The number of aromatic nitrogens is 2. The highest BCUT2D eigenvalue weighted by Crippen LogP contribution is 1.99. The van der Waals surface area contributed by atoms with Gasteiger partial charge in [-0.2, -0.15) is 0 Å². The van der Waals surface area contributed by atoms with Crippen LogP contribution in [-0.4, -0.2) is 41.9 Å². The maximum atomic E-state index is 12.0. The van der Waals surface area contributed by atoms with Crippen molar-refractivity contribution in [1.29, 1.82) is 0 Å². The van der Waals surface area contributed by atoms with Crippen LogP contribution in [0.2, 0.25) is 0 Å². The number of morpholine rings is 1. The summed E-state index contributed by atoms with van der Waals surface area (Å²) < 4.78 is 7.23. The van der Waals surface area contributed by atoms with Crippen molar-refractivity contribution in [2.75, 3.05) is 31.6 Å². The minimum absolute atomic E-state index is 0.0666. The predicted octanol–water partition coefficient (Wildman–Crippen LogP) is 0.0536. The summed E-state index contributed by atoms with van der Waals surface area (Å²) >= 11 is 0. The van der Waals surface area contributed by atoms with E-state index in [0.717, 1.165) is 26.1 Å². The summed E-state index contributed by atoms with van der Waals surface area (Å²) in [6.07, 6.45) is 4.40. The molecule has 0 spiro atoms. The Morgan fingerprint density at radius 3 is 3.28 bits per heavy atom. The van der Waals surface area contributed by atoms with E-state index in [9.17, 15) is 4.79 Å². The Bertz CT molecular complexity index is 426. The lowest BCUT2D eigenvalue weighted by molar-refractivity contribution is 0.0371. The fraction of sp³-hybridized carbons (Fsp3) is 0.667. The van der Waals surface area contributed by atoms with Gasteiger partial charge < -0.3 is 19.9 Å². The molecule has 1 atom stereocenters. The van der Waals surface area contributed by atoms with Gasteiger partial charge in [0.2, 0.25) is 0 Å². The molecule has 1 aromatic heterocycles. The molecular weight excluding hydrogens is 232 g/mol. The highest BCUT2D eigenvalue weighted by atomic mass is 16.5. The molecule has 1 aromatic rings. The molecule has 0 saturated carbocycles. The summed E-state index contributed by atoms with van der Waals surface area (Å²) in [5, 5.41) is 6.32. The molecule has 6 heteroatoms. The number of ether oxygens (including phenoxy) is 1. The monoisotopic (exact) mass is 252 g/mol. The SMILES string of the molecule is CCCn1ccnc(NCC2CNCCO2)c1=O. The minimum Gasteiger partial charge on any atom is -0.374 e. The van der Waals surface area contributed by atoms with Crippen molar-refractivity contribution in [3.8, 4) is 0 Å². The molecule has 18 heavy (non-hydrogen) atoms. The molecule has 2 N–H and O–H groups in total. The molecule has 1 aliphatic heterocycles. The molecule has 0 bridgehead atoms. The molecule has 2 heterocycles. The fourth-order valence-electron chi connectivity index (χ4n) is 1.95. The minimum atomic E-state index is -0.0666. The fourth-order valence-corrected chi connectivity index (χ4v) is 1.95. The van der Waals surface area contributed by atoms with Crippen LogP contribution in [0.4, 0.5) is 5.82 Å². The Balaban J connectivity index is 1.96. The van der Waals surface area contributed by atoms with Gasteiger partial charge in [0.1, 0.15) is 0 Å². The van der Waals surface area contributed by atoms with Crippen LogP contribution in [0.15, 0.2) is 17.2 Å². The van der Waals surface area contributed by atoms with E-state index in [1.807, 2.05) is 6.92 Å². The Labute approximate surface area is 106 Å². The summed E-state index contributed by atoms with van der Waals surface area (Å²) in [5.74, 6) is 0.403. The van der Waals surface area contributed by atoms with Crippen LogP contribution in [0.3, 0.4) is 0 Å². The van der Waals surface area contributed by atoms with Crippen molar-refractivity contribution in [3.63, 3.8) is 0 Å². The van der Waals surface area contributed by atoms with Gasteiger partial charge >= 0.3 is 0 Å². The highest BCUT2D eigenvalue weighted by Gasteiger charge is 2.14. The maximum absolute atomic E-state index is 12.0. The average Bonchev–Trinajstić information content (AvgIpc) is 2.41. The third-order valence-electron chi connectivity index (χ3n) is 2.88. The van der Waals surface area contributed by atoms with Gasteiger partial charge in [0.25, 0.3) is 5.56 Å². The van der Waals surface area contributed by atoms with E-state index >= 15 is 0 Å². The zero-order valence-electron chi connectivity index (χ0n) is 10.7. The second kappa shape index (κ2) is 6.51. The third kappa shape index (κ3) is 3.30. The predicted molar refractivity (Wildman–Crippen MR) is 69.9 cm³/mol. The lowest BCUT2D eigenvalue weighted by Crippen LogP contribution is -2.42. The first-order valence-corrected chi connectivity index (χ1v) is 6.43. The maximum Gasteiger partial charge on any atom is 0.293 e. The first kappa shape index (κ1) is 13.0. The standard InChI is InChI=1S/C12H20N4O2/c1-2-5-16-6-3-14-11(12(16)17)15-9-10-8-13-4-7-18-10/h3,6,10,13H,2,4-5,7-9H2,1H3,(H,14,15). The molecule has 100 valence electrons. The molecule has 1 fully saturated rings. The second-order valence-corrected chi connectivity index (χ2v) is 4.35. The van der Waals surface area contributed by atoms with Crippen LogP contribution in [-0.2, 0) is 11.3 Å². The topological polar surface area (TPSA) is 68.2 Å². The molecular formula is C12H20N4O2. The van der Waals surface area contributed by atoms with Gasteiger partial charge in [0.15, 0.2) is 5.82 Å². The molecule has 0 amide bonds. The van der Waals surface area contributed by atoms with Gasteiger partial charge in [-0.05, 0) is 6.42 Å². The molecule has 1 aliphatic rings. The molecule has 0 radical (unpaired) electrons. The van der Waals surface area contributed by atoms with Crippen LogP contribution < -0.4 is 16.2 Å². The van der Waals surface area contributed by atoms with Crippen LogP contribution in [0.5, 0.6) is 0 Å². The number of nitrogens with zero attached hydrogens (tertiary/aromatic N) is 2. The van der Waals surface area contributed by atoms with Crippen molar-refractivity contribution >= 4 is 5.82 Å². The van der Waals surface area contributed by atoms with Crippen LogP contribution >= 0.6 is 0 Å². The van der Waals surface area contributed by atoms with E-state index in [1.165, 1.54) is 0 Å². The Kier molecular flexibility index (Phi) is 4.72. The van der Waals surface area contributed by atoms with E-state index in [1.54, 1.807) is 17.0 Å². The smallest absolute Gasteiger partial charge is 0.293 e. The zero-order valence-corrected chi connectivity index (χ0v) is 10.7. The zero-order chi connectivity index (χ0) is 12.8. The number of anilines is 1. The van der Waals surface area contributed by atoms with Crippen molar-refractivity contribution < 1.29 is 4.74 Å². The summed E-state index contributed by atoms with van der Waals surface area (Å²) in [7, 11) is 0. The van der Waals surface area contributed by atoms with E-state index < -0.39 is 0 Å². The number of nitrogens with one attached hydrogen (secondary N) is 2. The van der Waals surface area contributed by atoms with Crippen molar-refractivity contribution in [2.45, 2.75) is 26.0 Å². The van der Waals surface area contributed by atoms with Crippen molar-refractivity contribution in [2.24, 2.45) is 0 Å². The quantitative estimate of drug-likeness (QED) is 0.775. The Hall–Kier alpha value is -1.40. The van der Waals surface area contributed by atoms with E-state index in [4.69, 9.17) is 4.74 Å². The Morgan fingerprint density at radius 2 is 2.56 bits per heavy atom. The van der Waals surface area contributed by atoms with Crippen LogP contribution in [0.1, 0.15) is 13.3 Å². The van der Waals surface area contributed by atoms with Crippen LogP contribution in [0.25, 0.3) is 0 Å². The number of aryl methyl sites for hydroxylation is 1. The molecule has 0 aliphatic carbocycles. The van der Waals surface area contributed by atoms with Gasteiger partial charge in [-0.1, -0.05) is 6.92 Å². The van der Waals surface area contributed by atoms with Crippen molar-refractivity contribution in [3.05, 3.63) is 22.7 Å². The largest absolute Gasteiger partial charge is 0.374 e. The van der Waals surface area contributed by atoms with Gasteiger partial charge in [0.05, 0.1) is 12.7 Å². The summed E-state index contributed by atoms with van der Waals surface area (Å²) in [4.78, 5) is 16.1. The van der Waals surface area contributed by atoms with Gasteiger partial charge in [-0.3, -0.25) is 4.79 Å². The lowest BCUT2D eigenvalue weighted by atomic mass is 10.3. The van der Waals surface area contributed by atoms with E-state index in [-0.39, 0.29) is 11.7 Å². The molecule has 6 nitrogen and oxygen atoms in total. The molecule has 1 unspecified atom stereocenters. The molecule has 1 saturated heterocycles. The van der Waals surface area contributed by atoms with Gasteiger partial charge in [-0.25, -0.2) is 4.98 Å².